The third-order valence-electron chi connectivity index (χ3n) is 5.85. The Balaban J connectivity index is 2.19. The van der Waals surface area contributed by atoms with Gasteiger partial charge in [0, 0.05) is 23.2 Å². The summed E-state index contributed by atoms with van der Waals surface area (Å²) < 4.78 is 0. The quantitative estimate of drug-likeness (QED) is 0.385. The molecule has 4 saturated carbocycles. The molecule has 5 atom stereocenters. The number of nitrogens with zero attached hydrogens (tertiary/aromatic N) is 2. The molecule has 3 N–H and O–H groups in total. The van der Waals surface area contributed by atoms with Gasteiger partial charge in [-0.05, 0) is 33.1 Å². The first-order chi connectivity index (χ1) is 8.89. The van der Waals surface area contributed by atoms with Crippen molar-refractivity contribution in [3.05, 3.63) is 12.2 Å². The molecule has 4 unspecified atom stereocenters. The van der Waals surface area contributed by atoms with Crippen LogP contribution in [0.4, 0.5) is 0 Å². The van der Waals surface area contributed by atoms with Crippen LogP contribution in [-0.2, 0) is 0 Å². The maximum absolute atomic E-state index is 11.0. The third-order valence-corrected chi connectivity index (χ3v) is 5.85. The van der Waals surface area contributed by atoms with Crippen LogP contribution in [0, 0.1) is 23.2 Å². The van der Waals surface area contributed by atoms with Gasteiger partial charge in [-0.2, -0.15) is 0 Å². The van der Waals surface area contributed by atoms with E-state index in [0.29, 0.717) is 24.3 Å². The summed E-state index contributed by atoms with van der Waals surface area (Å²) in [6, 6.07) is 0. The van der Waals surface area contributed by atoms with Crippen molar-refractivity contribution in [2.24, 2.45) is 33.5 Å². The van der Waals surface area contributed by atoms with Crippen LogP contribution in [0.3, 0.4) is 0 Å². The van der Waals surface area contributed by atoms with Crippen molar-refractivity contribution in [1.82, 2.24) is 0 Å². The van der Waals surface area contributed by atoms with Crippen LogP contribution in [0.15, 0.2) is 22.5 Å². The summed E-state index contributed by atoms with van der Waals surface area (Å²) in [5.41, 5.74) is 0.912. The number of hydrogen-bond donors (Lipinski definition) is 3. The summed E-state index contributed by atoms with van der Waals surface area (Å²) in [5, 5.41) is 36.4. The predicted octanol–water partition coefficient (Wildman–Crippen LogP) is 2.02. The Labute approximate surface area is 112 Å². The van der Waals surface area contributed by atoms with E-state index in [4.69, 9.17) is 0 Å². The van der Waals surface area contributed by atoms with E-state index in [1.54, 1.807) is 0 Å². The molecule has 0 amide bonds. The van der Waals surface area contributed by atoms with Gasteiger partial charge in [-0.15, -0.1) is 0 Å². The Morgan fingerprint density at radius 2 is 1.89 bits per heavy atom. The lowest BCUT2D eigenvalue weighted by Gasteiger charge is -2.64. The number of rotatable bonds is 1. The van der Waals surface area contributed by atoms with Crippen molar-refractivity contribution < 1.29 is 15.5 Å². The summed E-state index contributed by atoms with van der Waals surface area (Å²) in [5.74, 6) is -0.196. The highest BCUT2D eigenvalue weighted by molar-refractivity contribution is 6.13. The molecule has 0 heterocycles. The number of aliphatic hydroxyl groups is 1. The van der Waals surface area contributed by atoms with Crippen molar-refractivity contribution in [2.75, 3.05) is 0 Å². The summed E-state index contributed by atoms with van der Waals surface area (Å²) in [7, 11) is 0. The summed E-state index contributed by atoms with van der Waals surface area (Å²) in [4.78, 5) is 0. The van der Waals surface area contributed by atoms with Crippen LogP contribution in [0.2, 0.25) is 0 Å². The van der Waals surface area contributed by atoms with Crippen molar-refractivity contribution in [1.29, 1.82) is 0 Å². The molecule has 4 aliphatic carbocycles. The van der Waals surface area contributed by atoms with Gasteiger partial charge in [-0.25, -0.2) is 0 Å². The zero-order valence-corrected chi connectivity index (χ0v) is 11.3. The van der Waals surface area contributed by atoms with Gasteiger partial charge in [0.05, 0.1) is 17.0 Å². The Bertz CT molecular complexity index is 509. The monoisotopic (exact) mass is 264 g/mol. The van der Waals surface area contributed by atoms with Crippen molar-refractivity contribution >= 4 is 11.4 Å². The molecule has 0 radical (unpaired) electrons. The van der Waals surface area contributed by atoms with Crippen molar-refractivity contribution in [3.8, 4) is 0 Å². The standard InChI is InChI=1S/C14H20N2O3/c1-7(2)14-5-8-4-10(13(14,3)17)12(16-19)9(6-14)11(8)15-18/h8-10,17-19H,1,4-6H2,2-3H3/b15-11+,16-12+/t8?,9?,10?,13-,14?/m1/s1. The highest BCUT2D eigenvalue weighted by Crippen LogP contribution is 2.64. The molecule has 4 aliphatic rings. The predicted molar refractivity (Wildman–Crippen MR) is 70.6 cm³/mol. The molecule has 0 saturated heterocycles. The van der Waals surface area contributed by atoms with Gasteiger partial charge < -0.3 is 15.5 Å². The zero-order valence-electron chi connectivity index (χ0n) is 11.3. The second-order valence-electron chi connectivity index (χ2n) is 6.51. The molecule has 0 aromatic carbocycles. The number of oxime groups is 2. The van der Waals surface area contributed by atoms with E-state index in [1.807, 2.05) is 13.8 Å². The van der Waals surface area contributed by atoms with Crippen LogP contribution in [0.25, 0.3) is 0 Å². The molecule has 0 aromatic heterocycles. The maximum Gasteiger partial charge on any atom is 0.0794 e. The van der Waals surface area contributed by atoms with Crippen LogP contribution in [-0.4, -0.2) is 32.5 Å². The summed E-state index contributed by atoms with van der Waals surface area (Å²) in [6.07, 6.45) is 2.05. The van der Waals surface area contributed by atoms with E-state index in [9.17, 15) is 15.5 Å². The smallest absolute Gasteiger partial charge is 0.0794 e. The minimum Gasteiger partial charge on any atom is -0.411 e. The SMILES string of the molecule is C=C(C)C12CC3CC(/C(=N/O)C(C1)/C3=N/O)[C@@]2(C)O. The first-order valence-electron chi connectivity index (χ1n) is 6.71. The van der Waals surface area contributed by atoms with Crippen LogP contribution in [0.1, 0.15) is 33.1 Å². The van der Waals surface area contributed by atoms with Crippen molar-refractivity contribution in [3.63, 3.8) is 0 Å². The van der Waals surface area contributed by atoms with Gasteiger partial charge in [0.1, 0.15) is 0 Å². The molecule has 5 heteroatoms. The molecule has 4 bridgehead atoms. The second kappa shape index (κ2) is 3.60. The average Bonchev–Trinajstić information content (AvgIpc) is 2.34. The molecule has 0 aromatic rings. The Kier molecular flexibility index (Phi) is 2.40. The van der Waals surface area contributed by atoms with Gasteiger partial charge in [-0.1, -0.05) is 22.5 Å². The average molecular weight is 264 g/mol. The van der Waals surface area contributed by atoms with Gasteiger partial charge in [0.25, 0.3) is 0 Å². The molecule has 4 rings (SSSR count). The van der Waals surface area contributed by atoms with E-state index >= 15 is 0 Å². The maximum atomic E-state index is 11.0. The fourth-order valence-electron chi connectivity index (χ4n) is 4.79. The molecular formula is C14H20N2O3. The fraction of sp³-hybridized carbons (Fsp3) is 0.714. The lowest BCUT2D eigenvalue weighted by molar-refractivity contribution is -0.136. The van der Waals surface area contributed by atoms with Crippen molar-refractivity contribution in [2.45, 2.75) is 38.7 Å². The highest BCUT2D eigenvalue weighted by Gasteiger charge is 2.68. The van der Waals surface area contributed by atoms with Gasteiger partial charge in [-0.3, -0.25) is 0 Å². The van der Waals surface area contributed by atoms with E-state index in [1.165, 1.54) is 0 Å². The lowest BCUT2D eigenvalue weighted by atomic mass is 9.41. The normalized spacial score (nSPS) is 52.1. The molecule has 5 nitrogen and oxygen atoms in total. The molecule has 19 heavy (non-hydrogen) atoms. The lowest BCUT2D eigenvalue weighted by Crippen LogP contribution is -2.69. The molecule has 0 spiro atoms. The second-order valence-corrected chi connectivity index (χ2v) is 6.51. The van der Waals surface area contributed by atoms with Crippen LogP contribution >= 0.6 is 0 Å². The first kappa shape index (κ1) is 12.7. The molecular weight excluding hydrogens is 244 g/mol. The molecule has 0 aliphatic heterocycles. The van der Waals surface area contributed by atoms with E-state index in [-0.39, 0.29) is 23.2 Å². The minimum absolute atomic E-state index is 0.149. The zero-order chi connectivity index (χ0) is 14.0. The third kappa shape index (κ3) is 1.24. The van der Waals surface area contributed by atoms with Crippen LogP contribution in [0.5, 0.6) is 0 Å². The topological polar surface area (TPSA) is 85.4 Å². The largest absolute Gasteiger partial charge is 0.411 e. The van der Waals surface area contributed by atoms with E-state index < -0.39 is 5.60 Å². The fourth-order valence-corrected chi connectivity index (χ4v) is 4.79. The van der Waals surface area contributed by atoms with Gasteiger partial charge in [0.15, 0.2) is 0 Å². The Morgan fingerprint density at radius 3 is 2.42 bits per heavy atom. The van der Waals surface area contributed by atoms with Gasteiger partial charge in [0.2, 0.25) is 0 Å². The van der Waals surface area contributed by atoms with Crippen LogP contribution < -0.4 is 0 Å². The molecule has 104 valence electrons. The first-order valence-corrected chi connectivity index (χ1v) is 6.71. The Morgan fingerprint density at radius 1 is 1.26 bits per heavy atom. The van der Waals surface area contributed by atoms with Gasteiger partial charge >= 0.3 is 0 Å². The summed E-state index contributed by atoms with van der Waals surface area (Å²) >= 11 is 0. The summed E-state index contributed by atoms with van der Waals surface area (Å²) in [6.45, 7) is 7.85. The highest BCUT2D eigenvalue weighted by atomic mass is 16.4. The van der Waals surface area contributed by atoms with E-state index in [2.05, 4.69) is 16.9 Å². The minimum atomic E-state index is -0.950. The molecule has 4 fully saturated rings. The Hall–Kier alpha value is -1.36. The van der Waals surface area contributed by atoms with E-state index in [0.717, 1.165) is 12.0 Å². The number of hydrogen-bond acceptors (Lipinski definition) is 5.